The number of ether oxygens (including phenoxy) is 1. The fraction of sp³-hybridized carbons (Fsp3) is 0.375. The highest BCUT2D eigenvalue weighted by Gasteiger charge is 2.44. The van der Waals surface area contributed by atoms with E-state index in [2.05, 4.69) is 6.58 Å². The van der Waals surface area contributed by atoms with E-state index in [9.17, 15) is 9.59 Å². The molecule has 0 saturated carbocycles. The van der Waals surface area contributed by atoms with E-state index in [-0.39, 0.29) is 18.2 Å². The molecule has 0 bridgehead atoms. The average Bonchev–Trinajstić information content (AvgIpc) is 2.43. The van der Waals surface area contributed by atoms with Crippen LogP contribution in [0.4, 0.5) is 0 Å². The summed E-state index contributed by atoms with van der Waals surface area (Å²) < 4.78 is 5.48. The summed E-state index contributed by atoms with van der Waals surface area (Å²) in [4.78, 5) is 24.3. The summed E-state index contributed by atoms with van der Waals surface area (Å²) in [6, 6.07) is 7.51. The lowest BCUT2D eigenvalue weighted by molar-refractivity contribution is -0.155. The molecule has 0 heterocycles. The van der Waals surface area contributed by atoms with Gasteiger partial charge >= 0.3 is 5.97 Å². The van der Waals surface area contributed by atoms with Gasteiger partial charge in [-0.1, -0.05) is 37.3 Å². The molecule has 1 aromatic carbocycles. The summed E-state index contributed by atoms with van der Waals surface area (Å²) in [6.45, 7) is 5.41. The van der Waals surface area contributed by atoms with Gasteiger partial charge in [-0.05, 0) is 18.4 Å². The van der Waals surface area contributed by atoms with Crippen LogP contribution in [0.3, 0.4) is 0 Å². The van der Waals surface area contributed by atoms with Crippen LogP contribution in [0.5, 0.6) is 0 Å². The highest BCUT2D eigenvalue weighted by Crippen LogP contribution is 2.34. The Morgan fingerprint density at radius 1 is 1.47 bits per heavy atom. The van der Waals surface area contributed by atoms with Crippen molar-refractivity contribution in [3.63, 3.8) is 0 Å². The van der Waals surface area contributed by atoms with Gasteiger partial charge in [0.1, 0.15) is 0 Å². The van der Waals surface area contributed by atoms with E-state index >= 15 is 0 Å². The Kier molecular flexibility index (Phi) is 3.84. The summed E-state index contributed by atoms with van der Waals surface area (Å²) in [5, 5.41) is 0. The van der Waals surface area contributed by atoms with Crippen LogP contribution >= 0.6 is 0 Å². The second kappa shape index (κ2) is 5.39. The SMILES string of the molecule is C=CCC1(OC(=O)CC)CCc2ccccc2C1=O. The largest absolute Gasteiger partial charge is 0.450 e. The van der Waals surface area contributed by atoms with E-state index in [1.165, 1.54) is 0 Å². The minimum absolute atomic E-state index is 0.101. The number of Topliss-reactive ketones (excluding diaryl/α,β-unsaturated/α-hetero) is 1. The minimum atomic E-state index is -1.05. The molecule has 1 aliphatic rings. The number of carbonyl (C=O) groups is 2. The number of hydrogen-bond donors (Lipinski definition) is 0. The Labute approximate surface area is 113 Å². The number of hydrogen-bond acceptors (Lipinski definition) is 3. The lowest BCUT2D eigenvalue weighted by Crippen LogP contribution is -2.46. The predicted molar refractivity (Wildman–Crippen MR) is 73.0 cm³/mol. The van der Waals surface area contributed by atoms with Gasteiger partial charge in [0.2, 0.25) is 5.78 Å². The van der Waals surface area contributed by atoms with Crippen molar-refractivity contribution < 1.29 is 14.3 Å². The molecular weight excluding hydrogens is 240 g/mol. The molecule has 1 aromatic rings. The lowest BCUT2D eigenvalue weighted by Gasteiger charge is -2.35. The number of carbonyl (C=O) groups excluding carboxylic acids is 2. The second-order valence-electron chi connectivity index (χ2n) is 4.80. The Morgan fingerprint density at radius 3 is 2.89 bits per heavy atom. The van der Waals surface area contributed by atoms with E-state index < -0.39 is 5.60 Å². The first-order valence-corrected chi connectivity index (χ1v) is 6.58. The van der Waals surface area contributed by atoms with Crippen LogP contribution in [0.2, 0.25) is 0 Å². The molecule has 2 rings (SSSR count). The zero-order valence-electron chi connectivity index (χ0n) is 11.1. The van der Waals surface area contributed by atoms with Crippen LogP contribution < -0.4 is 0 Å². The summed E-state index contributed by atoms with van der Waals surface area (Å²) in [5.41, 5.74) is 0.641. The number of fused-ring (bicyclic) bond motifs is 1. The van der Waals surface area contributed by atoms with Crippen molar-refractivity contribution in [3.05, 3.63) is 48.0 Å². The third-order valence-electron chi connectivity index (χ3n) is 3.55. The van der Waals surface area contributed by atoms with Crippen molar-refractivity contribution in [1.82, 2.24) is 0 Å². The molecule has 0 amide bonds. The monoisotopic (exact) mass is 258 g/mol. The zero-order valence-corrected chi connectivity index (χ0v) is 11.1. The summed E-state index contributed by atoms with van der Waals surface area (Å²) in [5.74, 6) is -0.439. The quantitative estimate of drug-likeness (QED) is 0.615. The lowest BCUT2D eigenvalue weighted by atomic mass is 9.77. The molecule has 3 heteroatoms. The third-order valence-corrected chi connectivity index (χ3v) is 3.55. The Morgan fingerprint density at radius 2 is 2.21 bits per heavy atom. The molecule has 0 radical (unpaired) electrons. The molecule has 0 saturated heterocycles. The van der Waals surface area contributed by atoms with E-state index in [0.29, 0.717) is 18.4 Å². The maximum atomic E-state index is 12.7. The predicted octanol–water partition coefficient (Wildman–Crippen LogP) is 3.08. The van der Waals surface area contributed by atoms with Crippen LogP contribution in [0.15, 0.2) is 36.9 Å². The molecule has 1 aliphatic carbocycles. The van der Waals surface area contributed by atoms with Gasteiger partial charge in [0.05, 0.1) is 0 Å². The average molecular weight is 258 g/mol. The maximum absolute atomic E-state index is 12.7. The van der Waals surface area contributed by atoms with Gasteiger partial charge in [-0.3, -0.25) is 9.59 Å². The van der Waals surface area contributed by atoms with Crippen LogP contribution in [0, 0.1) is 0 Å². The van der Waals surface area contributed by atoms with Crippen LogP contribution in [-0.4, -0.2) is 17.4 Å². The van der Waals surface area contributed by atoms with Gasteiger partial charge in [0.25, 0.3) is 0 Å². The Balaban J connectivity index is 2.38. The van der Waals surface area contributed by atoms with E-state index in [1.54, 1.807) is 19.1 Å². The van der Waals surface area contributed by atoms with Gasteiger partial charge in [-0.15, -0.1) is 6.58 Å². The number of benzene rings is 1. The van der Waals surface area contributed by atoms with Gasteiger partial charge in [0.15, 0.2) is 5.60 Å². The smallest absolute Gasteiger partial charge is 0.306 e. The minimum Gasteiger partial charge on any atom is -0.450 e. The molecule has 100 valence electrons. The summed E-state index contributed by atoms with van der Waals surface area (Å²) >= 11 is 0. The second-order valence-corrected chi connectivity index (χ2v) is 4.80. The fourth-order valence-corrected chi connectivity index (χ4v) is 2.51. The van der Waals surface area contributed by atoms with Crippen LogP contribution in [-0.2, 0) is 16.0 Å². The first-order valence-electron chi connectivity index (χ1n) is 6.58. The van der Waals surface area contributed by atoms with Gasteiger partial charge in [0, 0.05) is 18.4 Å². The van der Waals surface area contributed by atoms with Crippen LogP contribution in [0.25, 0.3) is 0 Å². The first kappa shape index (κ1) is 13.5. The van der Waals surface area contributed by atoms with Crippen molar-refractivity contribution in [1.29, 1.82) is 0 Å². The van der Waals surface area contributed by atoms with E-state index in [1.807, 2.05) is 18.2 Å². The topological polar surface area (TPSA) is 43.4 Å². The highest BCUT2D eigenvalue weighted by molar-refractivity contribution is 6.05. The zero-order chi connectivity index (χ0) is 13.9. The Hall–Kier alpha value is -1.90. The number of rotatable bonds is 4. The molecule has 1 atom stereocenters. The molecule has 0 N–H and O–H groups in total. The molecule has 0 fully saturated rings. The summed E-state index contributed by atoms with van der Waals surface area (Å²) in [7, 11) is 0. The normalized spacial score (nSPS) is 21.6. The summed E-state index contributed by atoms with van der Waals surface area (Å²) in [6.07, 6.45) is 3.56. The van der Waals surface area contributed by atoms with E-state index in [0.717, 1.165) is 12.0 Å². The van der Waals surface area contributed by atoms with E-state index in [4.69, 9.17) is 4.74 Å². The molecular formula is C16H18O3. The number of ketones is 1. The van der Waals surface area contributed by atoms with Crippen molar-refractivity contribution in [3.8, 4) is 0 Å². The number of aryl methyl sites for hydroxylation is 1. The third kappa shape index (κ3) is 2.46. The van der Waals surface area contributed by atoms with Gasteiger partial charge in [-0.2, -0.15) is 0 Å². The highest BCUT2D eigenvalue weighted by atomic mass is 16.6. The van der Waals surface area contributed by atoms with Crippen LogP contribution in [0.1, 0.15) is 42.1 Å². The van der Waals surface area contributed by atoms with Crippen molar-refractivity contribution in [2.45, 2.75) is 38.2 Å². The standard InChI is InChI=1S/C16H18O3/c1-3-10-16(19-14(17)4-2)11-9-12-7-5-6-8-13(12)15(16)18/h3,5-8H,1,4,9-11H2,2H3. The van der Waals surface area contributed by atoms with Crippen molar-refractivity contribution >= 4 is 11.8 Å². The molecule has 0 aromatic heterocycles. The molecule has 0 aliphatic heterocycles. The first-order chi connectivity index (χ1) is 9.13. The van der Waals surface area contributed by atoms with Gasteiger partial charge < -0.3 is 4.74 Å². The molecule has 19 heavy (non-hydrogen) atoms. The fourth-order valence-electron chi connectivity index (χ4n) is 2.51. The van der Waals surface area contributed by atoms with Crippen molar-refractivity contribution in [2.75, 3.05) is 0 Å². The molecule has 3 nitrogen and oxygen atoms in total. The van der Waals surface area contributed by atoms with Gasteiger partial charge in [-0.25, -0.2) is 0 Å². The molecule has 0 spiro atoms. The Bertz CT molecular complexity index is 518. The maximum Gasteiger partial charge on any atom is 0.306 e. The molecule has 1 unspecified atom stereocenters. The number of esters is 1. The van der Waals surface area contributed by atoms with Crippen molar-refractivity contribution in [2.24, 2.45) is 0 Å².